The highest BCUT2D eigenvalue weighted by Gasteiger charge is 2.14. The third-order valence-corrected chi connectivity index (χ3v) is 3.89. The Hall–Kier alpha value is -3.12. The Balaban J connectivity index is 1.89. The van der Waals surface area contributed by atoms with Crippen molar-refractivity contribution in [2.24, 2.45) is 0 Å². The largest absolute Gasteiger partial charge is 0.392 e. The van der Waals surface area contributed by atoms with Gasteiger partial charge in [-0.05, 0) is 37.3 Å². The van der Waals surface area contributed by atoms with Crippen LogP contribution in [0.15, 0.2) is 48.8 Å². The number of nitrogens with one attached hydrogen (secondary N) is 1. The molecule has 4 aromatic heterocycles. The molecule has 0 atom stereocenters. The summed E-state index contributed by atoms with van der Waals surface area (Å²) >= 11 is 0. The van der Waals surface area contributed by atoms with Crippen LogP contribution >= 0.6 is 0 Å². The van der Waals surface area contributed by atoms with Crippen LogP contribution in [-0.4, -0.2) is 30.3 Å². The van der Waals surface area contributed by atoms with E-state index in [0.717, 1.165) is 39.4 Å². The summed E-state index contributed by atoms with van der Waals surface area (Å²) in [5.41, 5.74) is 6.30. The zero-order valence-corrected chi connectivity index (χ0v) is 13.1. The molecule has 4 aromatic rings. The summed E-state index contributed by atoms with van der Waals surface area (Å²) in [6.07, 6.45) is 3.48. The van der Waals surface area contributed by atoms with E-state index in [4.69, 9.17) is 0 Å². The summed E-state index contributed by atoms with van der Waals surface area (Å²) < 4.78 is 0. The van der Waals surface area contributed by atoms with E-state index in [1.807, 2.05) is 43.5 Å². The number of hydrogen-bond acceptors (Lipinski definition) is 5. The Bertz CT molecular complexity index is 1020. The molecule has 0 bridgehead atoms. The van der Waals surface area contributed by atoms with E-state index in [1.165, 1.54) is 0 Å². The normalized spacial score (nSPS) is 11.1. The highest BCUT2D eigenvalue weighted by atomic mass is 16.3. The minimum atomic E-state index is -0.0762. The van der Waals surface area contributed by atoms with Crippen molar-refractivity contribution in [2.75, 3.05) is 0 Å². The first-order valence-corrected chi connectivity index (χ1v) is 7.60. The number of pyridine rings is 3. The molecule has 0 unspecified atom stereocenters. The Morgan fingerprint density at radius 2 is 1.96 bits per heavy atom. The SMILES string of the molecule is Cc1cccc(-c2n[nH]cc2-c2ccc3nccc(CO)c3n2)n1. The number of rotatable bonds is 3. The molecule has 0 radical (unpaired) electrons. The summed E-state index contributed by atoms with van der Waals surface area (Å²) in [7, 11) is 0. The number of hydrogen-bond donors (Lipinski definition) is 2. The first-order valence-electron chi connectivity index (χ1n) is 7.60. The molecule has 2 N–H and O–H groups in total. The Kier molecular flexibility index (Phi) is 3.51. The third kappa shape index (κ3) is 2.43. The van der Waals surface area contributed by atoms with Crippen molar-refractivity contribution in [3.8, 4) is 22.6 Å². The van der Waals surface area contributed by atoms with Crippen LogP contribution in [0.2, 0.25) is 0 Å². The zero-order chi connectivity index (χ0) is 16.5. The summed E-state index contributed by atoms with van der Waals surface area (Å²) in [5.74, 6) is 0. The first-order chi connectivity index (χ1) is 11.8. The van der Waals surface area contributed by atoms with Crippen molar-refractivity contribution in [2.45, 2.75) is 13.5 Å². The van der Waals surface area contributed by atoms with E-state index in [1.54, 1.807) is 12.3 Å². The molecular weight excluding hydrogens is 302 g/mol. The minimum absolute atomic E-state index is 0.0762. The Labute approximate surface area is 138 Å². The zero-order valence-electron chi connectivity index (χ0n) is 13.1. The average molecular weight is 317 g/mol. The molecule has 118 valence electrons. The maximum Gasteiger partial charge on any atom is 0.120 e. The number of fused-ring (bicyclic) bond motifs is 1. The summed E-state index contributed by atoms with van der Waals surface area (Å²) in [4.78, 5) is 13.5. The molecule has 0 fully saturated rings. The summed E-state index contributed by atoms with van der Waals surface area (Å²) in [6.45, 7) is 1.87. The molecule has 0 aromatic carbocycles. The fourth-order valence-corrected chi connectivity index (χ4v) is 2.71. The maximum absolute atomic E-state index is 9.52. The van der Waals surface area contributed by atoms with Crippen molar-refractivity contribution in [3.05, 3.63) is 60.0 Å². The molecule has 0 saturated heterocycles. The van der Waals surface area contributed by atoms with Crippen molar-refractivity contribution in [1.29, 1.82) is 0 Å². The van der Waals surface area contributed by atoms with E-state index < -0.39 is 0 Å². The number of H-pyrrole nitrogens is 1. The van der Waals surface area contributed by atoms with Gasteiger partial charge in [-0.2, -0.15) is 5.10 Å². The van der Waals surface area contributed by atoms with Crippen LogP contribution in [0.25, 0.3) is 33.7 Å². The molecule has 0 aliphatic rings. The van der Waals surface area contributed by atoms with Gasteiger partial charge in [-0.25, -0.2) is 4.98 Å². The first kappa shape index (κ1) is 14.5. The van der Waals surface area contributed by atoms with E-state index >= 15 is 0 Å². The van der Waals surface area contributed by atoms with E-state index in [9.17, 15) is 5.11 Å². The quantitative estimate of drug-likeness (QED) is 0.606. The molecule has 0 aliphatic carbocycles. The molecular formula is C18H15N5O. The maximum atomic E-state index is 9.52. The second-order valence-corrected chi connectivity index (χ2v) is 5.50. The lowest BCUT2D eigenvalue weighted by Crippen LogP contribution is -1.94. The van der Waals surface area contributed by atoms with E-state index in [-0.39, 0.29) is 6.61 Å². The second-order valence-electron chi connectivity index (χ2n) is 5.50. The van der Waals surface area contributed by atoms with Crippen LogP contribution in [0, 0.1) is 6.92 Å². The topological polar surface area (TPSA) is 87.6 Å². The van der Waals surface area contributed by atoms with Gasteiger partial charge in [0.1, 0.15) is 5.69 Å². The molecule has 4 rings (SSSR count). The molecule has 0 saturated carbocycles. The van der Waals surface area contributed by atoms with Gasteiger partial charge in [-0.1, -0.05) is 6.07 Å². The Morgan fingerprint density at radius 1 is 1.04 bits per heavy atom. The van der Waals surface area contributed by atoms with Gasteiger partial charge in [0.2, 0.25) is 0 Å². The number of aryl methyl sites for hydroxylation is 1. The van der Waals surface area contributed by atoms with Crippen molar-refractivity contribution in [1.82, 2.24) is 25.1 Å². The fraction of sp³-hybridized carbons (Fsp3) is 0.111. The number of aliphatic hydroxyl groups excluding tert-OH is 1. The van der Waals surface area contributed by atoms with Crippen LogP contribution in [-0.2, 0) is 6.61 Å². The van der Waals surface area contributed by atoms with Crippen LogP contribution in [0.3, 0.4) is 0 Å². The number of aromatic amines is 1. The lowest BCUT2D eigenvalue weighted by atomic mass is 10.1. The van der Waals surface area contributed by atoms with Gasteiger partial charge in [0.05, 0.1) is 29.0 Å². The monoisotopic (exact) mass is 317 g/mol. The molecule has 6 nitrogen and oxygen atoms in total. The molecule has 0 amide bonds. The number of aliphatic hydroxyl groups is 1. The van der Waals surface area contributed by atoms with Gasteiger partial charge in [-0.15, -0.1) is 0 Å². The highest BCUT2D eigenvalue weighted by Crippen LogP contribution is 2.29. The van der Waals surface area contributed by atoms with Gasteiger partial charge in [-0.3, -0.25) is 15.1 Å². The minimum Gasteiger partial charge on any atom is -0.392 e. The molecule has 0 aliphatic heterocycles. The number of nitrogens with zero attached hydrogens (tertiary/aromatic N) is 4. The van der Waals surface area contributed by atoms with E-state index in [2.05, 4.69) is 25.1 Å². The van der Waals surface area contributed by atoms with Crippen molar-refractivity contribution >= 4 is 11.0 Å². The lowest BCUT2D eigenvalue weighted by Gasteiger charge is -2.06. The average Bonchev–Trinajstić information content (AvgIpc) is 3.10. The molecule has 24 heavy (non-hydrogen) atoms. The van der Waals surface area contributed by atoms with Gasteiger partial charge >= 0.3 is 0 Å². The van der Waals surface area contributed by atoms with Crippen LogP contribution in [0.4, 0.5) is 0 Å². The smallest absolute Gasteiger partial charge is 0.120 e. The van der Waals surface area contributed by atoms with Crippen LogP contribution in [0.1, 0.15) is 11.3 Å². The van der Waals surface area contributed by atoms with Gasteiger partial charge < -0.3 is 5.11 Å². The molecule has 6 heteroatoms. The predicted octanol–water partition coefficient (Wildman–Crippen LogP) is 2.88. The van der Waals surface area contributed by atoms with Gasteiger partial charge in [0.15, 0.2) is 0 Å². The van der Waals surface area contributed by atoms with Gasteiger partial charge in [0.25, 0.3) is 0 Å². The lowest BCUT2D eigenvalue weighted by molar-refractivity contribution is 0.283. The summed E-state index contributed by atoms with van der Waals surface area (Å²) in [6, 6.07) is 11.4. The van der Waals surface area contributed by atoms with Crippen LogP contribution < -0.4 is 0 Å². The fourth-order valence-electron chi connectivity index (χ4n) is 2.71. The number of aromatic nitrogens is 5. The molecule has 0 spiro atoms. The third-order valence-electron chi connectivity index (χ3n) is 3.89. The van der Waals surface area contributed by atoms with E-state index in [0.29, 0.717) is 5.52 Å². The van der Waals surface area contributed by atoms with Crippen LogP contribution in [0.5, 0.6) is 0 Å². The second kappa shape index (κ2) is 5.82. The van der Waals surface area contributed by atoms with Gasteiger partial charge in [0, 0.05) is 29.2 Å². The standard InChI is InChI=1S/C18H15N5O/c1-11-3-2-4-16(21-11)18-13(9-20-23-18)14-5-6-15-17(22-14)12(10-24)7-8-19-15/h2-9,24H,10H2,1H3,(H,20,23). The molecule has 4 heterocycles. The Morgan fingerprint density at radius 3 is 2.79 bits per heavy atom. The summed E-state index contributed by atoms with van der Waals surface area (Å²) in [5, 5.41) is 16.8. The predicted molar refractivity (Wildman–Crippen MR) is 91.0 cm³/mol. The van der Waals surface area contributed by atoms with Crippen molar-refractivity contribution < 1.29 is 5.11 Å². The van der Waals surface area contributed by atoms with Crippen molar-refractivity contribution in [3.63, 3.8) is 0 Å². The highest BCUT2D eigenvalue weighted by molar-refractivity contribution is 5.84.